The van der Waals surface area contributed by atoms with Crippen LogP contribution in [-0.4, -0.2) is 78.9 Å². The van der Waals surface area contributed by atoms with Crippen molar-refractivity contribution in [3.05, 3.63) is 167 Å². The lowest BCUT2D eigenvalue weighted by Crippen LogP contribution is -2.49. The highest BCUT2D eigenvalue weighted by Crippen LogP contribution is 2.39. The molecule has 2 fully saturated rings. The van der Waals surface area contributed by atoms with E-state index in [0.29, 0.717) is 6.42 Å². The number of nitrogens with one attached hydrogen (secondary N) is 2. The van der Waals surface area contributed by atoms with Crippen molar-refractivity contribution in [2.45, 2.75) is 57.1 Å². The lowest BCUT2D eigenvalue weighted by molar-refractivity contribution is -0.253. The number of hydrogen-bond donors (Lipinski definition) is 3. The average Bonchev–Trinajstić information content (AvgIpc) is 3.26. The van der Waals surface area contributed by atoms with Crippen LogP contribution in [0.5, 0.6) is 0 Å². The largest absolute Gasteiger partial charge is 0.467 e. The van der Waals surface area contributed by atoms with Crippen LogP contribution >= 0.6 is 0 Å². The van der Waals surface area contributed by atoms with Crippen molar-refractivity contribution >= 4 is 12.0 Å². The number of aliphatic hydroxyl groups is 1. The number of methoxy groups -OCH3 is 1. The van der Waals surface area contributed by atoms with Crippen molar-refractivity contribution in [3.8, 4) is 11.1 Å². The number of urea groups is 1. The number of carbonyl (C=O) groups is 2. The number of hydrogen-bond acceptors (Lipinski definition) is 8. The first-order valence-electron chi connectivity index (χ1n) is 19.8. The molecule has 2 amide bonds. The molecular formula is C47H52N4O6. The number of amides is 2. The summed E-state index contributed by atoms with van der Waals surface area (Å²) in [6.07, 6.45) is 0.274. The van der Waals surface area contributed by atoms with E-state index in [-0.39, 0.29) is 25.4 Å². The van der Waals surface area contributed by atoms with Crippen LogP contribution in [0.4, 0.5) is 4.79 Å². The molecule has 10 heteroatoms. The summed E-state index contributed by atoms with van der Waals surface area (Å²) >= 11 is 0. The summed E-state index contributed by atoms with van der Waals surface area (Å²) in [5, 5.41) is 15.3. The summed E-state index contributed by atoms with van der Waals surface area (Å²) in [4.78, 5) is 30.4. The molecule has 2 heterocycles. The molecule has 0 spiro atoms. The SMILES string of the molecule is COC(=O)[C@H](Cc1ccccc1)NC(=O)NCc1cccc(-c2cccc([C@H]3O[C@@H](CN4CCN(Cc5ccccc5)CC4)C[C@@H](c4ccc(CO)cc4)O3)c2)c1. The molecule has 7 rings (SSSR count). The van der Waals surface area contributed by atoms with Gasteiger partial charge in [-0.2, -0.15) is 0 Å². The number of ether oxygens (including phenoxy) is 3. The van der Waals surface area contributed by atoms with Crippen molar-refractivity contribution in [1.29, 1.82) is 0 Å². The third kappa shape index (κ3) is 11.2. The Morgan fingerprint density at radius 3 is 2.07 bits per heavy atom. The van der Waals surface area contributed by atoms with Crippen LogP contribution in [0.15, 0.2) is 133 Å². The fourth-order valence-corrected chi connectivity index (χ4v) is 7.60. The topological polar surface area (TPSA) is 113 Å². The van der Waals surface area contributed by atoms with Crippen molar-refractivity contribution in [2.75, 3.05) is 39.8 Å². The van der Waals surface area contributed by atoms with Crippen molar-refractivity contribution < 1.29 is 28.9 Å². The quantitative estimate of drug-likeness (QED) is 0.106. The minimum absolute atomic E-state index is 0.00170. The molecule has 2 aliphatic rings. The number of rotatable bonds is 14. The van der Waals surface area contributed by atoms with Crippen molar-refractivity contribution in [2.24, 2.45) is 0 Å². The maximum absolute atomic E-state index is 12.9. The molecule has 5 aromatic carbocycles. The summed E-state index contributed by atoms with van der Waals surface area (Å²) in [6, 6.07) is 43.2. The smallest absolute Gasteiger partial charge is 0.328 e. The molecule has 0 radical (unpaired) electrons. The number of piperazine rings is 1. The zero-order valence-corrected chi connectivity index (χ0v) is 32.5. The lowest BCUT2D eigenvalue weighted by Gasteiger charge is -2.41. The molecule has 3 N–H and O–H groups in total. The first-order chi connectivity index (χ1) is 27.9. The van der Waals surface area contributed by atoms with Crippen LogP contribution in [0.1, 0.15) is 52.2 Å². The van der Waals surface area contributed by atoms with E-state index in [2.05, 4.69) is 69.0 Å². The highest BCUT2D eigenvalue weighted by molar-refractivity contribution is 5.83. The van der Waals surface area contributed by atoms with Gasteiger partial charge < -0.3 is 30.0 Å². The van der Waals surface area contributed by atoms with Gasteiger partial charge in [0, 0.05) is 64.2 Å². The van der Waals surface area contributed by atoms with E-state index in [1.165, 1.54) is 12.7 Å². The maximum Gasteiger partial charge on any atom is 0.328 e. The van der Waals surface area contributed by atoms with Gasteiger partial charge in [0.1, 0.15) is 6.04 Å². The van der Waals surface area contributed by atoms with E-state index in [9.17, 15) is 14.7 Å². The molecule has 296 valence electrons. The molecule has 0 bridgehead atoms. The molecular weight excluding hydrogens is 717 g/mol. The van der Waals surface area contributed by atoms with Gasteiger partial charge >= 0.3 is 12.0 Å². The van der Waals surface area contributed by atoms with Crippen LogP contribution in [0.25, 0.3) is 11.1 Å². The average molecular weight is 769 g/mol. The van der Waals surface area contributed by atoms with Gasteiger partial charge in [-0.3, -0.25) is 9.80 Å². The van der Waals surface area contributed by atoms with Crippen LogP contribution in [-0.2, 0) is 45.1 Å². The molecule has 0 unspecified atom stereocenters. The minimum atomic E-state index is -0.815. The van der Waals surface area contributed by atoms with E-state index in [1.807, 2.05) is 84.9 Å². The Bertz CT molecular complexity index is 2040. The van der Waals surface area contributed by atoms with Gasteiger partial charge in [0.05, 0.1) is 25.9 Å². The lowest BCUT2D eigenvalue weighted by atomic mass is 9.98. The first-order valence-corrected chi connectivity index (χ1v) is 19.8. The maximum atomic E-state index is 12.9. The van der Waals surface area contributed by atoms with E-state index in [4.69, 9.17) is 14.2 Å². The molecule has 4 atom stereocenters. The monoisotopic (exact) mass is 768 g/mol. The Labute approximate surface area is 335 Å². The van der Waals surface area contributed by atoms with E-state index >= 15 is 0 Å². The predicted molar refractivity (Wildman–Crippen MR) is 220 cm³/mol. The van der Waals surface area contributed by atoms with Crippen LogP contribution in [0.3, 0.4) is 0 Å². The number of aliphatic hydroxyl groups excluding tert-OH is 1. The van der Waals surface area contributed by atoms with Gasteiger partial charge in [-0.25, -0.2) is 9.59 Å². The van der Waals surface area contributed by atoms with Gasteiger partial charge in [0.25, 0.3) is 0 Å². The summed E-state index contributed by atoms with van der Waals surface area (Å²) in [6.45, 7) is 6.04. The Balaban J connectivity index is 1.01. The fraction of sp³-hybridized carbons (Fsp3) is 0.319. The summed E-state index contributed by atoms with van der Waals surface area (Å²) in [5.74, 6) is -0.503. The van der Waals surface area contributed by atoms with Gasteiger partial charge in [0.2, 0.25) is 0 Å². The highest BCUT2D eigenvalue weighted by atomic mass is 16.7. The summed E-state index contributed by atoms with van der Waals surface area (Å²) < 4.78 is 18.4. The Morgan fingerprint density at radius 2 is 1.37 bits per heavy atom. The minimum Gasteiger partial charge on any atom is -0.467 e. The van der Waals surface area contributed by atoms with E-state index in [1.54, 1.807) is 0 Å². The number of nitrogens with zero attached hydrogens (tertiary/aromatic N) is 2. The van der Waals surface area contributed by atoms with Crippen molar-refractivity contribution in [1.82, 2.24) is 20.4 Å². The molecule has 5 aromatic rings. The fourth-order valence-electron chi connectivity index (χ4n) is 7.60. The molecule has 2 saturated heterocycles. The van der Waals surface area contributed by atoms with E-state index < -0.39 is 24.3 Å². The standard InChI is InChI=1S/C47H52N4O6/c1-55-45(53)43(27-34-10-4-2-5-11-34)49-47(54)48-30-37-14-8-15-39(26-37)40-16-9-17-41(28-40)46-56-42(29-44(57-46)38-20-18-36(33-52)19-21-38)32-51-24-22-50(23-25-51)31-35-12-6-3-7-13-35/h2-21,26,28,42-44,46,52H,22-25,27,29-33H2,1H3,(H2,48,49,54)/t42-,43+,44+,46+/m1/s1. The summed E-state index contributed by atoms with van der Waals surface area (Å²) in [5.41, 5.74) is 8.02. The van der Waals surface area contributed by atoms with Gasteiger partial charge in [0.15, 0.2) is 6.29 Å². The summed E-state index contributed by atoms with van der Waals surface area (Å²) in [7, 11) is 1.32. The van der Waals surface area contributed by atoms with E-state index in [0.717, 1.165) is 84.6 Å². The second-order valence-corrected chi connectivity index (χ2v) is 14.8. The number of esters is 1. The zero-order chi connectivity index (χ0) is 39.4. The van der Waals surface area contributed by atoms with Crippen LogP contribution < -0.4 is 10.6 Å². The van der Waals surface area contributed by atoms with Crippen molar-refractivity contribution in [3.63, 3.8) is 0 Å². The van der Waals surface area contributed by atoms with Crippen LogP contribution in [0.2, 0.25) is 0 Å². The number of benzene rings is 5. The third-order valence-corrected chi connectivity index (χ3v) is 10.7. The molecule has 0 saturated carbocycles. The predicted octanol–water partition coefficient (Wildman–Crippen LogP) is 6.79. The number of carbonyl (C=O) groups excluding carboxylic acids is 2. The first kappa shape index (κ1) is 39.9. The molecule has 10 nitrogen and oxygen atoms in total. The van der Waals surface area contributed by atoms with Gasteiger partial charge in [-0.05, 0) is 51.1 Å². The highest BCUT2D eigenvalue weighted by Gasteiger charge is 2.34. The Kier molecular flexibility index (Phi) is 13.8. The zero-order valence-electron chi connectivity index (χ0n) is 32.5. The Morgan fingerprint density at radius 1 is 0.719 bits per heavy atom. The molecule has 0 aromatic heterocycles. The third-order valence-electron chi connectivity index (χ3n) is 10.7. The Hall–Kier alpha value is -5.36. The van der Waals surface area contributed by atoms with Gasteiger partial charge in [-0.1, -0.05) is 121 Å². The van der Waals surface area contributed by atoms with Gasteiger partial charge in [-0.15, -0.1) is 0 Å². The molecule has 2 aliphatic heterocycles. The normalized spacial score (nSPS) is 19.4. The second kappa shape index (κ2) is 19.7. The molecule has 57 heavy (non-hydrogen) atoms. The molecule has 0 aliphatic carbocycles. The second-order valence-electron chi connectivity index (χ2n) is 14.8. The van der Waals surface area contributed by atoms with Crippen LogP contribution in [0, 0.1) is 0 Å².